The zero-order valence-corrected chi connectivity index (χ0v) is 23.6. The van der Waals surface area contributed by atoms with Gasteiger partial charge in [-0.25, -0.2) is 0 Å². The minimum atomic E-state index is -0.572. The van der Waals surface area contributed by atoms with Gasteiger partial charge in [-0.2, -0.15) is 0 Å². The number of quaternary nitrogens is 1. The molecule has 0 aromatic heterocycles. The van der Waals surface area contributed by atoms with Crippen molar-refractivity contribution < 1.29 is 23.8 Å². The van der Waals surface area contributed by atoms with Gasteiger partial charge in [0, 0.05) is 12.8 Å². The van der Waals surface area contributed by atoms with Crippen LogP contribution >= 0.6 is 0 Å². The van der Waals surface area contributed by atoms with Gasteiger partial charge in [0.25, 0.3) is 0 Å². The molecule has 196 valence electrons. The standard InChI is InChI=1S/C31H44NO4/c1-18-12-23-22(30(3,4)16-19(2)31(23,5)6)14-21(18)25(33)15-24-27-20(10-11-32(24,7)8)13-26-28(29(27)34-9)36-17-35-26/h12-14,19,24-25,33H,10-11,15-17H2,1-9H3/q+1/t19-,24+,25+/m1/s1. The van der Waals surface area contributed by atoms with Crippen LogP contribution in [0.5, 0.6) is 17.2 Å². The summed E-state index contributed by atoms with van der Waals surface area (Å²) in [7, 11) is 6.23. The molecule has 2 aromatic rings. The van der Waals surface area contributed by atoms with Gasteiger partial charge in [0.15, 0.2) is 11.5 Å². The smallest absolute Gasteiger partial charge is 0.231 e. The number of hydrogen-bond donors (Lipinski definition) is 1. The van der Waals surface area contributed by atoms with E-state index in [0.717, 1.165) is 46.5 Å². The number of methoxy groups -OCH3 is 1. The predicted molar refractivity (Wildman–Crippen MR) is 143 cm³/mol. The van der Waals surface area contributed by atoms with Crippen molar-refractivity contribution in [3.8, 4) is 17.2 Å². The number of hydrogen-bond acceptors (Lipinski definition) is 4. The van der Waals surface area contributed by atoms with Gasteiger partial charge in [0.1, 0.15) is 6.04 Å². The summed E-state index contributed by atoms with van der Waals surface area (Å²) in [5.74, 6) is 2.83. The van der Waals surface area contributed by atoms with Crippen molar-refractivity contribution in [2.75, 3.05) is 34.5 Å². The minimum Gasteiger partial charge on any atom is -0.492 e. The Bertz CT molecular complexity index is 1200. The number of aliphatic hydroxyl groups excluding tert-OH is 1. The zero-order chi connectivity index (χ0) is 26.2. The fraction of sp³-hybridized carbons (Fsp3) is 0.613. The summed E-state index contributed by atoms with van der Waals surface area (Å²) in [6.07, 6.45) is 2.14. The number of likely N-dealkylation sites (N-methyl/N-ethyl adjacent to an activating group) is 1. The van der Waals surface area contributed by atoms with Crippen molar-refractivity contribution in [2.45, 2.75) is 83.8 Å². The number of benzene rings is 2. The quantitative estimate of drug-likeness (QED) is 0.520. The Morgan fingerprint density at radius 2 is 1.83 bits per heavy atom. The maximum atomic E-state index is 11.8. The number of aryl methyl sites for hydroxylation is 1. The van der Waals surface area contributed by atoms with Crippen LogP contribution in [-0.4, -0.2) is 44.1 Å². The number of fused-ring (bicyclic) bond motifs is 3. The van der Waals surface area contributed by atoms with Crippen LogP contribution in [0.1, 0.15) is 93.0 Å². The molecule has 0 radical (unpaired) electrons. The van der Waals surface area contributed by atoms with Gasteiger partial charge < -0.3 is 23.8 Å². The summed E-state index contributed by atoms with van der Waals surface area (Å²) in [6, 6.07) is 6.88. The number of nitrogens with zero attached hydrogens (tertiary/aromatic N) is 1. The first-order chi connectivity index (χ1) is 16.8. The highest BCUT2D eigenvalue weighted by atomic mass is 16.7. The number of rotatable bonds is 4. The third kappa shape index (κ3) is 3.81. The monoisotopic (exact) mass is 494 g/mol. The van der Waals surface area contributed by atoms with Crippen LogP contribution in [0.2, 0.25) is 0 Å². The van der Waals surface area contributed by atoms with Crippen LogP contribution in [0.4, 0.5) is 0 Å². The Kier molecular flexibility index (Phi) is 5.92. The number of ether oxygens (including phenoxy) is 3. The maximum Gasteiger partial charge on any atom is 0.231 e. The van der Waals surface area contributed by atoms with Gasteiger partial charge in [0.2, 0.25) is 12.5 Å². The molecule has 2 aliphatic heterocycles. The lowest BCUT2D eigenvalue weighted by atomic mass is 9.58. The van der Waals surface area contributed by atoms with Crippen molar-refractivity contribution in [2.24, 2.45) is 5.92 Å². The minimum absolute atomic E-state index is 0.0769. The van der Waals surface area contributed by atoms with Gasteiger partial charge in [-0.15, -0.1) is 0 Å². The average Bonchev–Trinajstić information content (AvgIpc) is 3.26. The van der Waals surface area contributed by atoms with Gasteiger partial charge >= 0.3 is 0 Å². The fourth-order valence-electron chi connectivity index (χ4n) is 7.08. The van der Waals surface area contributed by atoms with Crippen molar-refractivity contribution >= 4 is 0 Å². The van der Waals surface area contributed by atoms with Crippen LogP contribution < -0.4 is 14.2 Å². The Morgan fingerprint density at radius 1 is 1.11 bits per heavy atom. The van der Waals surface area contributed by atoms with Crippen molar-refractivity contribution in [3.05, 3.63) is 51.6 Å². The number of aliphatic hydroxyl groups is 1. The third-order valence-electron chi connectivity index (χ3n) is 9.77. The molecule has 0 saturated carbocycles. The fourth-order valence-corrected chi connectivity index (χ4v) is 7.08. The molecular formula is C31H44NO4+. The molecular weight excluding hydrogens is 450 g/mol. The highest BCUT2D eigenvalue weighted by Gasteiger charge is 2.44. The Labute approximate surface area is 217 Å². The first-order valence-electron chi connectivity index (χ1n) is 13.4. The maximum absolute atomic E-state index is 11.8. The predicted octanol–water partition coefficient (Wildman–Crippen LogP) is 6.12. The van der Waals surface area contributed by atoms with Crippen LogP contribution in [0.25, 0.3) is 0 Å². The van der Waals surface area contributed by atoms with E-state index in [1.807, 2.05) is 0 Å². The van der Waals surface area contributed by atoms with E-state index in [1.165, 1.54) is 22.3 Å². The summed E-state index contributed by atoms with van der Waals surface area (Å²) in [5.41, 5.74) is 7.67. The van der Waals surface area contributed by atoms with E-state index in [9.17, 15) is 5.11 Å². The summed E-state index contributed by atoms with van der Waals surface area (Å²) < 4.78 is 18.2. The SMILES string of the molecule is COc1c2c(cc3c1[C@H](C[C@H](O)c1cc4c(cc1C)C(C)(C)[C@H](C)CC4(C)C)[N+](C)(C)CC3)OCO2. The molecule has 5 nitrogen and oxygen atoms in total. The Morgan fingerprint density at radius 3 is 2.53 bits per heavy atom. The van der Waals surface area contributed by atoms with Crippen LogP contribution in [0.15, 0.2) is 18.2 Å². The van der Waals surface area contributed by atoms with Gasteiger partial charge in [-0.3, -0.25) is 0 Å². The van der Waals surface area contributed by atoms with E-state index in [4.69, 9.17) is 14.2 Å². The van der Waals surface area contributed by atoms with E-state index in [1.54, 1.807) is 7.11 Å². The molecule has 0 spiro atoms. The topological polar surface area (TPSA) is 47.9 Å². The highest BCUT2D eigenvalue weighted by molar-refractivity contribution is 5.61. The van der Waals surface area contributed by atoms with E-state index >= 15 is 0 Å². The van der Waals surface area contributed by atoms with Crippen molar-refractivity contribution in [1.82, 2.24) is 0 Å². The lowest BCUT2D eigenvalue weighted by Gasteiger charge is -2.47. The second kappa shape index (κ2) is 8.39. The van der Waals surface area contributed by atoms with E-state index in [2.05, 4.69) is 73.8 Å². The second-order valence-corrected chi connectivity index (χ2v) is 13.2. The van der Waals surface area contributed by atoms with Crippen molar-refractivity contribution in [1.29, 1.82) is 0 Å². The molecule has 5 rings (SSSR count). The van der Waals surface area contributed by atoms with Crippen molar-refractivity contribution in [3.63, 3.8) is 0 Å². The molecule has 0 amide bonds. The molecule has 36 heavy (non-hydrogen) atoms. The van der Waals surface area contributed by atoms with Crippen LogP contribution in [0, 0.1) is 12.8 Å². The molecule has 2 aromatic carbocycles. The summed E-state index contributed by atoms with van der Waals surface area (Å²) in [5, 5.41) is 11.8. The molecule has 1 N–H and O–H groups in total. The van der Waals surface area contributed by atoms with E-state index in [0.29, 0.717) is 18.1 Å². The first kappa shape index (κ1) is 25.4. The molecule has 0 fully saturated rings. The Hall–Kier alpha value is -2.24. The molecule has 0 unspecified atom stereocenters. The molecule has 3 aliphatic rings. The van der Waals surface area contributed by atoms with Gasteiger partial charge in [-0.1, -0.05) is 46.8 Å². The normalized spacial score (nSPS) is 25.6. The van der Waals surface area contributed by atoms with E-state index in [-0.39, 0.29) is 23.7 Å². The highest BCUT2D eigenvalue weighted by Crippen LogP contribution is 2.53. The summed E-state index contributed by atoms with van der Waals surface area (Å²) in [6.45, 7) is 15.2. The molecule has 0 bridgehead atoms. The average molecular weight is 495 g/mol. The molecule has 0 saturated heterocycles. The molecule has 5 heteroatoms. The summed E-state index contributed by atoms with van der Waals surface area (Å²) >= 11 is 0. The van der Waals surface area contributed by atoms with Crippen LogP contribution in [0.3, 0.4) is 0 Å². The second-order valence-electron chi connectivity index (χ2n) is 13.2. The zero-order valence-electron chi connectivity index (χ0n) is 23.6. The van der Waals surface area contributed by atoms with E-state index < -0.39 is 6.10 Å². The lowest BCUT2D eigenvalue weighted by Crippen LogP contribution is -2.48. The van der Waals surface area contributed by atoms with Gasteiger partial charge in [0.05, 0.1) is 39.4 Å². The molecule has 2 heterocycles. The Balaban J connectivity index is 1.57. The van der Waals surface area contributed by atoms with Gasteiger partial charge in [-0.05, 0) is 64.0 Å². The molecule has 3 atom stereocenters. The largest absolute Gasteiger partial charge is 0.492 e. The summed E-state index contributed by atoms with van der Waals surface area (Å²) in [4.78, 5) is 0. The lowest BCUT2D eigenvalue weighted by molar-refractivity contribution is -0.924. The first-order valence-corrected chi connectivity index (χ1v) is 13.4. The third-order valence-corrected chi connectivity index (χ3v) is 9.77. The van der Waals surface area contributed by atoms with Crippen LogP contribution in [-0.2, 0) is 17.3 Å². The molecule has 1 aliphatic carbocycles.